The molecule has 1 nitrogen and oxygen atoms in total. The lowest BCUT2D eigenvalue weighted by atomic mass is 10.00. The molecule has 0 radical (unpaired) electrons. The molecule has 1 saturated carbocycles. The molecule has 0 amide bonds. The molecule has 2 N–H and O–H groups in total. The Morgan fingerprint density at radius 1 is 1.11 bits per heavy atom. The Morgan fingerprint density at radius 2 is 1.89 bits per heavy atom. The SMILES string of the molecule is C=C(CCCCN)CC1C/C1=C(\CCC)CCCC. The third-order valence-corrected chi connectivity index (χ3v) is 4.16. The summed E-state index contributed by atoms with van der Waals surface area (Å²) in [6.07, 6.45) is 12.8. The van der Waals surface area contributed by atoms with E-state index in [0.717, 1.165) is 18.9 Å². The van der Waals surface area contributed by atoms with E-state index in [1.165, 1.54) is 63.4 Å². The molecule has 1 heteroatoms. The summed E-state index contributed by atoms with van der Waals surface area (Å²) in [5, 5.41) is 0. The molecule has 0 bridgehead atoms. The Morgan fingerprint density at radius 3 is 2.53 bits per heavy atom. The molecule has 1 aliphatic carbocycles. The first-order valence-corrected chi connectivity index (χ1v) is 8.30. The van der Waals surface area contributed by atoms with Crippen molar-refractivity contribution in [2.45, 2.75) is 78.1 Å². The van der Waals surface area contributed by atoms with Crippen molar-refractivity contribution in [1.82, 2.24) is 0 Å². The molecule has 110 valence electrons. The van der Waals surface area contributed by atoms with Crippen LogP contribution in [0.3, 0.4) is 0 Å². The largest absolute Gasteiger partial charge is 0.330 e. The number of unbranched alkanes of at least 4 members (excludes halogenated alkanes) is 2. The third-order valence-electron chi connectivity index (χ3n) is 4.16. The fourth-order valence-corrected chi connectivity index (χ4v) is 2.94. The van der Waals surface area contributed by atoms with Gasteiger partial charge < -0.3 is 5.73 Å². The normalized spacial score (nSPS) is 20.5. The Bertz CT molecular complexity index is 301. The van der Waals surface area contributed by atoms with E-state index in [9.17, 15) is 0 Å². The lowest BCUT2D eigenvalue weighted by molar-refractivity contribution is 0.699. The Labute approximate surface area is 120 Å². The molecule has 0 aromatic rings. The molecule has 0 spiro atoms. The van der Waals surface area contributed by atoms with E-state index in [1.54, 1.807) is 11.1 Å². The molecule has 0 heterocycles. The first kappa shape index (κ1) is 16.5. The van der Waals surface area contributed by atoms with Gasteiger partial charge in [-0.2, -0.15) is 0 Å². The highest BCUT2D eigenvalue weighted by Crippen LogP contribution is 2.46. The van der Waals surface area contributed by atoms with E-state index in [-0.39, 0.29) is 0 Å². The van der Waals surface area contributed by atoms with Gasteiger partial charge >= 0.3 is 0 Å². The van der Waals surface area contributed by atoms with Crippen molar-refractivity contribution in [3.05, 3.63) is 23.3 Å². The van der Waals surface area contributed by atoms with Gasteiger partial charge in [-0.1, -0.05) is 50.0 Å². The number of nitrogens with two attached hydrogens (primary N) is 1. The number of hydrogen-bond acceptors (Lipinski definition) is 1. The summed E-state index contributed by atoms with van der Waals surface area (Å²) in [6.45, 7) is 9.65. The number of hydrogen-bond donors (Lipinski definition) is 1. The minimum Gasteiger partial charge on any atom is -0.330 e. The maximum absolute atomic E-state index is 5.53. The van der Waals surface area contributed by atoms with Crippen LogP contribution in [0.4, 0.5) is 0 Å². The fraction of sp³-hybridized carbons (Fsp3) is 0.778. The zero-order valence-corrected chi connectivity index (χ0v) is 13.1. The lowest BCUT2D eigenvalue weighted by Crippen LogP contribution is -1.98. The number of allylic oxidation sites excluding steroid dienone is 3. The van der Waals surface area contributed by atoms with Gasteiger partial charge in [-0.25, -0.2) is 0 Å². The summed E-state index contributed by atoms with van der Waals surface area (Å²) in [6, 6.07) is 0. The Balaban J connectivity index is 2.35. The van der Waals surface area contributed by atoms with E-state index in [0.29, 0.717) is 0 Å². The zero-order chi connectivity index (χ0) is 14.1. The second-order valence-corrected chi connectivity index (χ2v) is 6.08. The van der Waals surface area contributed by atoms with Crippen molar-refractivity contribution < 1.29 is 0 Å². The highest BCUT2D eigenvalue weighted by atomic mass is 14.5. The second kappa shape index (κ2) is 9.36. The summed E-state index contributed by atoms with van der Waals surface area (Å²) in [7, 11) is 0. The molecular weight excluding hydrogens is 230 g/mol. The average molecular weight is 263 g/mol. The van der Waals surface area contributed by atoms with Crippen LogP contribution in [0.2, 0.25) is 0 Å². The molecule has 1 rings (SSSR count). The predicted molar refractivity (Wildman–Crippen MR) is 86.2 cm³/mol. The van der Waals surface area contributed by atoms with Crippen LogP contribution < -0.4 is 5.73 Å². The van der Waals surface area contributed by atoms with Gasteiger partial charge in [0.25, 0.3) is 0 Å². The van der Waals surface area contributed by atoms with Gasteiger partial charge in [0, 0.05) is 0 Å². The van der Waals surface area contributed by atoms with Crippen LogP contribution in [0.5, 0.6) is 0 Å². The van der Waals surface area contributed by atoms with Crippen LogP contribution in [-0.2, 0) is 0 Å². The summed E-state index contributed by atoms with van der Waals surface area (Å²) in [4.78, 5) is 0. The average Bonchev–Trinajstić information content (AvgIpc) is 3.14. The second-order valence-electron chi connectivity index (χ2n) is 6.08. The van der Waals surface area contributed by atoms with Crippen LogP contribution in [-0.4, -0.2) is 6.54 Å². The quantitative estimate of drug-likeness (QED) is 0.393. The molecule has 0 aromatic heterocycles. The van der Waals surface area contributed by atoms with Gasteiger partial charge in [-0.05, 0) is 63.8 Å². The first-order valence-electron chi connectivity index (χ1n) is 8.30. The number of rotatable bonds is 11. The van der Waals surface area contributed by atoms with Crippen molar-refractivity contribution in [2.75, 3.05) is 6.54 Å². The fourth-order valence-electron chi connectivity index (χ4n) is 2.94. The van der Waals surface area contributed by atoms with E-state index in [1.807, 2.05) is 0 Å². The minimum atomic E-state index is 0.819. The van der Waals surface area contributed by atoms with Gasteiger partial charge in [0.2, 0.25) is 0 Å². The van der Waals surface area contributed by atoms with Crippen molar-refractivity contribution in [1.29, 1.82) is 0 Å². The third kappa shape index (κ3) is 6.42. The molecule has 0 saturated heterocycles. The van der Waals surface area contributed by atoms with Crippen LogP contribution >= 0.6 is 0 Å². The van der Waals surface area contributed by atoms with Crippen molar-refractivity contribution in [2.24, 2.45) is 11.7 Å². The maximum Gasteiger partial charge on any atom is -0.00772 e. The van der Waals surface area contributed by atoms with E-state index >= 15 is 0 Å². The monoisotopic (exact) mass is 263 g/mol. The Kier molecular flexibility index (Phi) is 8.13. The summed E-state index contributed by atoms with van der Waals surface area (Å²) >= 11 is 0. The highest BCUT2D eigenvalue weighted by Gasteiger charge is 2.32. The molecule has 19 heavy (non-hydrogen) atoms. The van der Waals surface area contributed by atoms with E-state index in [2.05, 4.69) is 20.4 Å². The van der Waals surface area contributed by atoms with Crippen LogP contribution in [0.25, 0.3) is 0 Å². The smallest absolute Gasteiger partial charge is 0.00772 e. The minimum absolute atomic E-state index is 0.819. The van der Waals surface area contributed by atoms with Gasteiger partial charge in [-0.15, -0.1) is 0 Å². The van der Waals surface area contributed by atoms with E-state index < -0.39 is 0 Å². The molecular formula is C18H33N. The molecule has 1 aliphatic rings. The van der Waals surface area contributed by atoms with Crippen molar-refractivity contribution >= 4 is 0 Å². The highest BCUT2D eigenvalue weighted by molar-refractivity contribution is 5.32. The zero-order valence-electron chi connectivity index (χ0n) is 13.1. The van der Waals surface area contributed by atoms with Crippen LogP contribution in [0, 0.1) is 5.92 Å². The molecule has 1 fully saturated rings. The van der Waals surface area contributed by atoms with E-state index in [4.69, 9.17) is 5.73 Å². The topological polar surface area (TPSA) is 26.0 Å². The van der Waals surface area contributed by atoms with Crippen LogP contribution in [0.1, 0.15) is 78.1 Å². The first-order chi connectivity index (χ1) is 9.22. The summed E-state index contributed by atoms with van der Waals surface area (Å²) in [5.74, 6) is 0.851. The van der Waals surface area contributed by atoms with Gasteiger partial charge in [0.05, 0.1) is 0 Å². The molecule has 0 aliphatic heterocycles. The molecule has 1 atom stereocenters. The standard InChI is InChI=1S/C18H33N/c1-4-6-11-16(9-5-2)18-14-17(18)13-15(3)10-7-8-12-19/h17H,3-14,19H2,1-2H3/b18-16-. The predicted octanol–water partition coefficient (Wildman–Crippen LogP) is 5.37. The molecule has 1 unspecified atom stereocenters. The molecule has 0 aromatic carbocycles. The summed E-state index contributed by atoms with van der Waals surface area (Å²) in [5.41, 5.74) is 10.5. The van der Waals surface area contributed by atoms with Crippen LogP contribution in [0.15, 0.2) is 23.3 Å². The lowest BCUT2D eigenvalue weighted by Gasteiger charge is -2.06. The Hall–Kier alpha value is -0.560. The van der Waals surface area contributed by atoms with Crippen molar-refractivity contribution in [3.8, 4) is 0 Å². The van der Waals surface area contributed by atoms with Gasteiger partial charge in [-0.3, -0.25) is 0 Å². The summed E-state index contributed by atoms with van der Waals surface area (Å²) < 4.78 is 0. The van der Waals surface area contributed by atoms with Gasteiger partial charge in [0.1, 0.15) is 0 Å². The van der Waals surface area contributed by atoms with Gasteiger partial charge in [0.15, 0.2) is 0 Å². The maximum atomic E-state index is 5.53. The van der Waals surface area contributed by atoms with Crippen molar-refractivity contribution in [3.63, 3.8) is 0 Å².